The molecule has 0 unspecified atom stereocenters. The molecule has 0 amide bonds. The Labute approximate surface area is 201 Å². The molecule has 4 aromatic carbocycles. The first-order chi connectivity index (χ1) is 16.5. The zero-order chi connectivity index (χ0) is 23.4. The molecule has 166 valence electrons. The maximum absolute atomic E-state index is 2.45. The van der Waals surface area contributed by atoms with Gasteiger partial charge in [0.25, 0.3) is 0 Å². The SMILES string of the molecule is Cc1ccc(C)c2c1=CC(c1ccccc1-c1ccccc1C1C=c3c(C)ccc(C)c3=C1)C=2. The first-order valence-corrected chi connectivity index (χ1v) is 12.3. The van der Waals surface area contributed by atoms with E-state index in [-0.39, 0.29) is 11.8 Å². The van der Waals surface area contributed by atoms with E-state index in [9.17, 15) is 0 Å². The van der Waals surface area contributed by atoms with Crippen LogP contribution in [0.25, 0.3) is 35.4 Å². The average molecular weight is 439 g/mol. The van der Waals surface area contributed by atoms with Crippen LogP contribution in [0.4, 0.5) is 0 Å². The van der Waals surface area contributed by atoms with E-state index in [2.05, 4.69) is 125 Å². The monoisotopic (exact) mass is 438 g/mol. The Balaban J connectivity index is 1.51. The molecule has 6 rings (SSSR count). The minimum Gasteiger partial charge on any atom is -0.0650 e. The fourth-order valence-electron chi connectivity index (χ4n) is 5.83. The van der Waals surface area contributed by atoms with E-state index in [1.807, 2.05) is 0 Å². The molecule has 0 aliphatic heterocycles. The van der Waals surface area contributed by atoms with Gasteiger partial charge in [-0.25, -0.2) is 0 Å². The minimum absolute atomic E-state index is 0.289. The molecule has 0 aromatic heterocycles. The number of benzene rings is 4. The van der Waals surface area contributed by atoms with Gasteiger partial charge in [0.2, 0.25) is 0 Å². The molecule has 34 heavy (non-hydrogen) atoms. The fourth-order valence-corrected chi connectivity index (χ4v) is 5.83. The molecule has 0 bridgehead atoms. The zero-order valence-electron chi connectivity index (χ0n) is 20.4. The van der Waals surface area contributed by atoms with Crippen molar-refractivity contribution in [1.29, 1.82) is 0 Å². The molecule has 0 heterocycles. The lowest BCUT2D eigenvalue weighted by Gasteiger charge is -2.18. The normalized spacial score (nSPS) is 14.6. The van der Waals surface area contributed by atoms with Crippen LogP contribution in [0.3, 0.4) is 0 Å². The highest BCUT2D eigenvalue weighted by Gasteiger charge is 2.21. The summed E-state index contributed by atoms with van der Waals surface area (Å²) in [5, 5.41) is 5.58. The van der Waals surface area contributed by atoms with Gasteiger partial charge in [-0.1, -0.05) is 97.1 Å². The van der Waals surface area contributed by atoms with Crippen molar-refractivity contribution in [3.63, 3.8) is 0 Å². The lowest BCUT2D eigenvalue weighted by molar-refractivity contribution is 1.19. The van der Waals surface area contributed by atoms with Gasteiger partial charge in [0.05, 0.1) is 0 Å². The van der Waals surface area contributed by atoms with E-state index in [0.29, 0.717) is 0 Å². The van der Waals surface area contributed by atoms with Crippen LogP contribution in [0.15, 0.2) is 72.8 Å². The van der Waals surface area contributed by atoms with Gasteiger partial charge in [-0.2, -0.15) is 0 Å². The van der Waals surface area contributed by atoms with E-state index >= 15 is 0 Å². The van der Waals surface area contributed by atoms with E-state index in [1.54, 1.807) is 0 Å². The highest BCUT2D eigenvalue weighted by molar-refractivity contribution is 5.79. The van der Waals surface area contributed by atoms with Crippen LogP contribution in [0.5, 0.6) is 0 Å². The van der Waals surface area contributed by atoms with Crippen molar-refractivity contribution in [2.24, 2.45) is 0 Å². The van der Waals surface area contributed by atoms with E-state index < -0.39 is 0 Å². The van der Waals surface area contributed by atoms with Gasteiger partial charge in [-0.3, -0.25) is 0 Å². The maximum atomic E-state index is 2.45. The van der Waals surface area contributed by atoms with Crippen LogP contribution in [0.2, 0.25) is 0 Å². The van der Waals surface area contributed by atoms with Crippen molar-refractivity contribution in [2.75, 3.05) is 0 Å². The molecule has 0 atom stereocenters. The third kappa shape index (κ3) is 3.29. The molecular weight excluding hydrogens is 408 g/mol. The summed E-state index contributed by atoms with van der Waals surface area (Å²) in [5.41, 5.74) is 10.9. The molecule has 4 aromatic rings. The van der Waals surface area contributed by atoms with Gasteiger partial charge >= 0.3 is 0 Å². The van der Waals surface area contributed by atoms with Crippen molar-refractivity contribution >= 4 is 24.3 Å². The van der Waals surface area contributed by atoms with Gasteiger partial charge in [0.15, 0.2) is 0 Å². The van der Waals surface area contributed by atoms with Crippen LogP contribution in [-0.2, 0) is 0 Å². The lowest BCUT2D eigenvalue weighted by atomic mass is 9.85. The van der Waals surface area contributed by atoms with Crippen molar-refractivity contribution in [3.8, 4) is 11.1 Å². The molecule has 0 heteroatoms. The summed E-state index contributed by atoms with van der Waals surface area (Å²) in [6, 6.07) is 26.9. The Kier molecular flexibility index (Phi) is 4.92. The Hall–Kier alpha value is -3.64. The second-order valence-corrected chi connectivity index (χ2v) is 9.95. The molecule has 0 saturated heterocycles. The van der Waals surface area contributed by atoms with Crippen LogP contribution >= 0.6 is 0 Å². The van der Waals surface area contributed by atoms with Crippen molar-refractivity contribution in [3.05, 3.63) is 127 Å². The highest BCUT2D eigenvalue weighted by Crippen LogP contribution is 2.37. The Morgan fingerprint density at radius 1 is 0.382 bits per heavy atom. The van der Waals surface area contributed by atoms with Gasteiger partial charge < -0.3 is 0 Å². The van der Waals surface area contributed by atoms with Crippen LogP contribution < -0.4 is 20.9 Å². The number of hydrogen-bond donors (Lipinski definition) is 0. The fraction of sp³-hybridized carbons (Fsp3) is 0.176. The van der Waals surface area contributed by atoms with E-state index in [0.717, 1.165) is 0 Å². The van der Waals surface area contributed by atoms with Crippen LogP contribution in [-0.4, -0.2) is 0 Å². The molecule has 2 aliphatic carbocycles. The summed E-state index contributed by atoms with van der Waals surface area (Å²) in [4.78, 5) is 0. The summed E-state index contributed by atoms with van der Waals surface area (Å²) >= 11 is 0. The summed E-state index contributed by atoms with van der Waals surface area (Å²) in [5.74, 6) is 0.578. The minimum atomic E-state index is 0.289. The quantitative estimate of drug-likeness (QED) is 0.407. The predicted molar refractivity (Wildman–Crippen MR) is 146 cm³/mol. The summed E-state index contributed by atoms with van der Waals surface area (Å²) in [7, 11) is 0. The Bertz CT molecular complexity index is 1490. The van der Waals surface area contributed by atoms with Gasteiger partial charge in [-0.15, -0.1) is 0 Å². The van der Waals surface area contributed by atoms with E-state index in [4.69, 9.17) is 0 Å². The Morgan fingerprint density at radius 2 is 0.676 bits per heavy atom. The number of hydrogen-bond acceptors (Lipinski definition) is 0. The number of rotatable bonds is 3. The summed E-state index contributed by atoms with van der Waals surface area (Å²) < 4.78 is 0. The van der Waals surface area contributed by atoms with Crippen LogP contribution in [0, 0.1) is 27.7 Å². The second-order valence-electron chi connectivity index (χ2n) is 9.95. The van der Waals surface area contributed by atoms with Gasteiger partial charge in [-0.05, 0) is 93.1 Å². The maximum Gasteiger partial charge on any atom is 0.0223 e. The molecular formula is C34H30. The topological polar surface area (TPSA) is 0 Å². The zero-order valence-corrected chi connectivity index (χ0v) is 20.4. The largest absolute Gasteiger partial charge is 0.0650 e. The summed E-state index contributed by atoms with van der Waals surface area (Å²) in [6.45, 7) is 8.89. The third-order valence-corrected chi connectivity index (χ3v) is 7.76. The van der Waals surface area contributed by atoms with Gasteiger partial charge in [0.1, 0.15) is 0 Å². The van der Waals surface area contributed by atoms with Crippen LogP contribution in [0.1, 0.15) is 45.2 Å². The second kappa shape index (κ2) is 7.99. The first-order valence-electron chi connectivity index (χ1n) is 12.3. The standard InChI is InChI=1S/C34H30/c1-21-13-14-22(2)32-18-25(17-31(21)32)27-9-5-7-11-29(27)30-12-8-6-10-28(30)26-19-33-23(3)15-16-24(4)34(33)20-26/h5-20,25-26H,1-4H3. The summed E-state index contributed by atoms with van der Waals surface area (Å²) in [6.07, 6.45) is 9.82. The molecule has 0 fully saturated rings. The molecule has 0 nitrogen and oxygen atoms in total. The average Bonchev–Trinajstić information content (AvgIpc) is 3.51. The molecule has 0 radical (unpaired) electrons. The lowest BCUT2D eigenvalue weighted by Crippen LogP contribution is -2.26. The molecule has 0 spiro atoms. The molecule has 0 saturated carbocycles. The molecule has 0 N–H and O–H groups in total. The first kappa shape index (κ1) is 20.9. The van der Waals surface area contributed by atoms with Crippen molar-refractivity contribution in [2.45, 2.75) is 39.5 Å². The predicted octanol–water partition coefficient (Wildman–Crippen LogP) is 5.30. The number of aryl methyl sites for hydroxylation is 4. The number of fused-ring (bicyclic) bond motifs is 2. The molecule has 2 aliphatic rings. The third-order valence-electron chi connectivity index (χ3n) is 7.76. The van der Waals surface area contributed by atoms with Crippen molar-refractivity contribution < 1.29 is 0 Å². The Morgan fingerprint density at radius 3 is 1.00 bits per heavy atom. The van der Waals surface area contributed by atoms with Gasteiger partial charge in [0, 0.05) is 11.8 Å². The highest BCUT2D eigenvalue weighted by atomic mass is 14.2. The van der Waals surface area contributed by atoms with Crippen molar-refractivity contribution in [1.82, 2.24) is 0 Å². The van der Waals surface area contributed by atoms with E-state index in [1.165, 1.54) is 65.4 Å². The smallest absolute Gasteiger partial charge is 0.0223 e.